The van der Waals surface area contributed by atoms with Crippen molar-refractivity contribution in [2.75, 3.05) is 18.5 Å². The molecule has 1 aromatic carbocycles. The summed E-state index contributed by atoms with van der Waals surface area (Å²) in [6.07, 6.45) is 21.6. The van der Waals surface area contributed by atoms with Crippen molar-refractivity contribution in [2.45, 2.75) is 103 Å². The van der Waals surface area contributed by atoms with Crippen molar-refractivity contribution < 1.29 is 0 Å². The second kappa shape index (κ2) is 16.0. The van der Waals surface area contributed by atoms with Gasteiger partial charge in [-0.25, -0.2) is 0 Å². The molecule has 1 aromatic rings. The lowest BCUT2D eigenvalue weighted by molar-refractivity contribution is 0.686. The molecule has 0 aliphatic heterocycles. The second-order valence-corrected chi connectivity index (χ2v) is 14.8. The SMILES string of the molecule is CCCCCC[P+](CCCCCC)(CCCCCC)Sc1ccccc1. The van der Waals surface area contributed by atoms with Crippen molar-refractivity contribution in [3.63, 3.8) is 0 Å². The highest BCUT2D eigenvalue weighted by molar-refractivity contribution is 8.62. The molecule has 0 heterocycles. The minimum Gasteiger partial charge on any atom is -0.0654 e. The third-order valence-electron chi connectivity index (χ3n) is 5.30. The number of rotatable bonds is 17. The Bertz CT molecular complexity index is 386. The Hall–Kier alpha value is 0. The van der Waals surface area contributed by atoms with E-state index in [-0.39, 0.29) is 0 Å². The van der Waals surface area contributed by atoms with Crippen molar-refractivity contribution in [1.29, 1.82) is 0 Å². The van der Waals surface area contributed by atoms with Crippen LogP contribution in [0.1, 0.15) is 97.8 Å². The Balaban J connectivity index is 2.77. The highest BCUT2D eigenvalue weighted by Crippen LogP contribution is 2.73. The molecule has 0 saturated carbocycles. The molecule has 0 spiro atoms. The van der Waals surface area contributed by atoms with Gasteiger partial charge < -0.3 is 0 Å². The maximum atomic E-state index is 2.35. The summed E-state index contributed by atoms with van der Waals surface area (Å²) < 4.78 is 0. The van der Waals surface area contributed by atoms with E-state index < -0.39 is 6.46 Å². The highest BCUT2D eigenvalue weighted by Gasteiger charge is 2.38. The largest absolute Gasteiger partial charge is 0.0793 e. The predicted octanol–water partition coefficient (Wildman–Crippen LogP) is 9.45. The van der Waals surface area contributed by atoms with E-state index in [1.807, 2.05) is 0 Å². The molecule has 0 bridgehead atoms. The first-order valence-corrected chi connectivity index (χ1v) is 15.1. The predicted molar refractivity (Wildman–Crippen MR) is 126 cm³/mol. The summed E-state index contributed by atoms with van der Waals surface area (Å²) in [5, 5.41) is 0. The standard InChI is InChI=1S/C24H44PS/c1-4-7-10-16-21-25(22-17-11-8-5-2,23-18-12-9-6-3)26-24-19-14-13-15-20-24/h13-15,19-20H,4-12,16-18,21-23H2,1-3H3/q+1. The summed E-state index contributed by atoms with van der Waals surface area (Å²) in [7, 11) is 0. The van der Waals surface area contributed by atoms with Gasteiger partial charge in [-0.15, -0.1) is 0 Å². The molecule has 0 nitrogen and oxygen atoms in total. The lowest BCUT2D eigenvalue weighted by atomic mass is 10.2. The Morgan fingerprint density at radius 3 is 1.38 bits per heavy atom. The van der Waals surface area contributed by atoms with Crippen LogP contribution in [-0.4, -0.2) is 18.5 Å². The van der Waals surface area contributed by atoms with Crippen LogP contribution < -0.4 is 0 Å². The minimum absolute atomic E-state index is 0.922. The van der Waals surface area contributed by atoms with Crippen molar-refractivity contribution in [3.05, 3.63) is 30.3 Å². The molecule has 0 amide bonds. The maximum absolute atomic E-state index is 2.35. The first-order chi connectivity index (χ1) is 12.8. The molecule has 0 saturated heterocycles. The Morgan fingerprint density at radius 1 is 0.577 bits per heavy atom. The summed E-state index contributed by atoms with van der Waals surface area (Å²) >= 11 is 2.32. The van der Waals surface area contributed by atoms with Gasteiger partial charge in [-0.05, 0) is 50.7 Å². The third-order valence-corrected chi connectivity index (χ3v) is 13.0. The van der Waals surface area contributed by atoms with E-state index in [1.165, 1.54) is 100 Å². The molecule has 2 heteroatoms. The van der Waals surface area contributed by atoms with E-state index in [1.54, 1.807) is 0 Å². The fraction of sp³-hybridized carbons (Fsp3) is 0.750. The van der Waals surface area contributed by atoms with Crippen LogP contribution >= 0.6 is 17.8 Å². The Morgan fingerprint density at radius 2 is 1.00 bits per heavy atom. The zero-order chi connectivity index (χ0) is 18.9. The fourth-order valence-electron chi connectivity index (χ4n) is 3.66. The topological polar surface area (TPSA) is 0 Å². The van der Waals surface area contributed by atoms with Crippen molar-refractivity contribution in [2.24, 2.45) is 0 Å². The molecule has 0 aromatic heterocycles. The zero-order valence-electron chi connectivity index (χ0n) is 17.8. The summed E-state index contributed by atoms with van der Waals surface area (Å²) in [5.74, 6) is 0. The van der Waals surface area contributed by atoms with E-state index in [2.05, 4.69) is 62.5 Å². The van der Waals surface area contributed by atoms with E-state index in [0.717, 1.165) is 0 Å². The lowest BCUT2D eigenvalue weighted by Gasteiger charge is -2.26. The monoisotopic (exact) mass is 395 g/mol. The van der Waals surface area contributed by atoms with Gasteiger partial charge in [-0.2, -0.15) is 0 Å². The van der Waals surface area contributed by atoms with Crippen molar-refractivity contribution in [3.8, 4) is 0 Å². The Kier molecular flexibility index (Phi) is 14.8. The van der Waals surface area contributed by atoms with Gasteiger partial charge in [0.25, 0.3) is 0 Å². The van der Waals surface area contributed by atoms with Gasteiger partial charge >= 0.3 is 0 Å². The van der Waals surface area contributed by atoms with E-state index in [4.69, 9.17) is 0 Å². The van der Waals surface area contributed by atoms with Gasteiger partial charge in [-0.3, -0.25) is 0 Å². The summed E-state index contributed by atoms with van der Waals surface area (Å²) in [5.41, 5.74) is 0. The minimum atomic E-state index is -0.922. The van der Waals surface area contributed by atoms with Crippen LogP contribution in [0.3, 0.4) is 0 Å². The average Bonchev–Trinajstić information content (AvgIpc) is 2.67. The molecule has 0 N–H and O–H groups in total. The van der Waals surface area contributed by atoms with E-state index in [9.17, 15) is 0 Å². The smallest absolute Gasteiger partial charge is 0.0654 e. The summed E-state index contributed by atoms with van der Waals surface area (Å²) in [4.78, 5) is 1.53. The maximum Gasteiger partial charge on any atom is 0.0793 e. The molecule has 0 fully saturated rings. The number of unbranched alkanes of at least 4 members (excludes halogenated alkanes) is 9. The average molecular weight is 396 g/mol. The van der Waals surface area contributed by atoms with Gasteiger partial charge in [0.2, 0.25) is 0 Å². The molecule has 0 aliphatic carbocycles. The van der Waals surface area contributed by atoms with Crippen LogP contribution in [0.5, 0.6) is 0 Å². The van der Waals surface area contributed by atoms with Gasteiger partial charge in [0.05, 0.1) is 36.3 Å². The molecule has 1 rings (SSSR count). The van der Waals surface area contributed by atoms with Gasteiger partial charge in [0.15, 0.2) is 0 Å². The molecular formula is C24H44PS+. The van der Waals surface area contributed by atoms with Gasteiger partial charge in [0.1, 0.15) is 0 Å². The van der Waals surface area contributed by atoms with Crippen LogP contribution in [0, 0.1) is 0 Å². The number of benzene rings is 1. The molecule has 26 heavy (non-hydrogen) atoms. The number of hydrogen-bond donors (Lipinski definition) is 0. The zero-order valence-corrected chi connectivity index (χ0v) is 19.6. The Labute approximate surface area is 169 Å². The second-order valence-electron chi connectivity index (χ2n) is 7.82. The molecule has 0 aliphatic rings. The molecule has 0 unspecified atom stereocenters. The van der Waals surface area contributed by atoms with Gasteiger partial charge in [-0.1, -0.05) is 77.5 Å². The summed E-state index contributed by atoms with van der Waals surface area (Å²) in [6.45, 7) is 6.07. The molecule has 0 radical (unpaired) electrons. The summed E-state index contributed by atoms with van der Waals surface area (Å²) in [6, 6.07) is 11.3. The van der Waals surface area contributed by atoms with Crippen molar-refractivity contribution >= 4 is 17.8 Å². The quantitative estimate of drug-likeness (QED) is 0.187. The van der Waals surface area contributed by atoms with E-state index in [0.29, 0.717) is 0 Å². The van der Waals surface area contributed by atoms with Crippen molar-refractivity contribution in [1.82, 2.24) is 0 Å². The van der Waals surface area contributed by atoms with E-state index >= 15 is 0 Å². The van der Waals surface area contributed by atoms with Crippen LogP contribution in [0.25, 0.3) is 0 Å². The normalized spacial score (nSPS) is 11.8. The molecular weight excluding hydrogens is 351 g/mol. The van der Waals surface area contributed by atoms with Gasteiger partial charge in [0, 0.05) is 4.90 Å². The van der Waals surface area contributed by atoms with Crippen LogP contribution in [-0.2, 0) is 0 Å². The van der Waals surface area contributed by atoms with Crippen LogP contribution in [0.2, 0.25) is 0 Å². The fourth-order valence-corrected chi connectivity index (χ4v) is 11.4. The third kappa shape index (κ3) is 11.0. The molecule has 0 atom stereocenters. The first kappa shape index (κ1) is 24.0. The number of hydrogen-bond acceptors (Lipinski definition) is 1. The lowest BCUT2D eigenvalue weighted by Crippen LogP contribution is -2.06. The van der Waals surface area contributed by atoms with Crippen LogP contribution in [0.4, 0.5) is 0 Å². The molecule has 150 valence electrons. The first-order valence-electron chi connectivity index (χ1n) is 11.4. The van der Waals surface area contributed by atoms with Crippen LogP contribution in [0.15, 0.2) is 35.2 Å². The highest BCUT2D eigenvalue weighted by atomic mass is 32.7.